The average Bonchev–Trinajstić information content (AvgIpc) is 2.45. The van der Waals surface area contributed by atoms with Crippen LogP contribution in [-0.2, 0) is 0 Å². The normalized spacial score (nSPS) is 12.6. The van der Waals surface area contributed by atoms with Crippen molar-refractivity contribution in [1.82, 2.24) is 0 Å². The molecule has 0 aliphatic carbocycles. The van der Waals surface area contributed by atoms with Gasteiger partial charge in [0, 0.05) is 11.6 Å². The molecule has 0 aliphatic heterocycles. The number of ether oxygens (including phenoxy) is 1. The molecule has 104 valence electrons. The van der Waals surface area contributed by atoms with Crippen molar-refractivity contribution in [2.24, 2.45) is 5.73 Å². The van der Waals surface area contributed by atoms with E-state index in [1.165, 1.54) is 12.1 Å². The molecule has 0 radical (unpaired) electrons. The quantitative estimate of drug-likeness (QED) is 0.894. The number of halogens is 1. The molecular formula is C17H18FNO. The van der Waals surface area contributed by atoms with Crippen molar-refractivity contribution in [2.75, 3.05) is 6.61 Å². The third-order valence-corrected chi connectivity index (χ3v) is 2.91. The maximum Gasteiger partial charge on any atom is 0.124 e. The Bertz CT molecular complexity index is 579. The summed E-state index contributed by atoms with van der Waals surface area (Å²) >= 11 is 0. The highest BCUT2D eigenvalue weighted by atomic mass is 19.1. The summed E-state index contributed by atoms with van der Waals surface area (Å²) in [6, 6.07) is 14.1. The molecule has 0 saturated carbocycles. The van der Waals surface area contributed by atoms with Gasteiger partial charge in [-0.05, 0) is 36.8 Å². The SMILES string of the molecule is C[C@@H](N)c1cc(F)ccc1OC/C=C/c1ccccc1. The molecule has 0 amide bonds. The molecular weight excluding hydrogens is 253 g/mol. The van der Waals surface area contributed by atoms with Crippen molar-refractivity contribution in [3.8, 4) is 5.75 Å². The van der Waals surface area contributed by atoms with Gasteiger partial charge in [-0.25, -0.2) is 4.39 Å². The van der Waals surface area contributed by atoms with E-state index in [1.54, 1.807) is 13.0 Å². The van der Waals surface area contributed by atoms with E-state index in [0.717, 1.165) is 5.56 Å². The fourth-order valence-corrected chi connectivity index (χ4v) is 1.89. The minimum Gasteiger partial charge on any atom is -0.489 e. The average molecular weight is 271 g/mol. The summed E-state index contributed by atoms with van der Waals surface area (Å²) in [4.78, 5) is 0. The molecule has 0 aromatic heterocycles. The molecule has 2 aromatic carbocycles. The Morgan fingerprint density at radius 1 is 1.20 bits per heavy atom. The Morgan fingerprint density at radius 3 is 2.65 bits per heavy atom. The Labute approximate surface area is 118 Å². The van der Waals surface area contributed by atoms with Gasteiger partial charge in [0.05, 0.1) is 0 Å². The number of rotatable bonds is 5. The molecule has 0 unspecified atom stereocenters. The summed E-state index contributed by atoms with van der Waals surface area (Å²) in [6.07, 6.45) is 3.90. The highest BCUT2D eigenvalue weighted by molar-refractivity contribution is 5.48. The van der Waals surface area contributed by atoms with Gasteiger partial charge >= 0.3 is 0 Å². The summed E-state index contributed by atoms with van der Waals surface area (Å²) in [7, 11) is 0. The number of benzene rings is 2. The van der Waals surface area contributed by atoms with Gasteiger partial charge in [-0.2, -0.15) is 0 Å². The van der Waals surface area contributed by atoms with Crippen molar-refractivity contribution >= 4 is 6.08 Å². The molecule has 2 rings (SSSR count). The van der Waals surface area contributed by atoms with Crippen LogP contribution in [0.2, 0.25) is 0 Å². The lowest BCUT2D eigenvalue weighted by Crippen LogP contribution is -2.08. The largest absolute Gasteiger partial charge is 0.489 e. The Kier molecular flexibility index (Phi) is 4.91. The molecule has 0 aliphatic rings. The van der Waals surface area contributed by atoms with Crippen LogP contribution < -0.4 is 10.5 Å². The first-order chi connectivity index (χ1) is 9.66. The first-order valence-corrected chi connectivity index (χ1v) is 6.56. The molecule has 1 atom stereocenters. The zero-order valence-electron chi connectivity index (χ0n) is 11.4. The fraction of sp³-hybridized carbons (Fsp3) is 0.176. The van der Waals surface area contributed by atoms with Crippen molar-refractivity contribution in [3.63, 3.8) is 0 Å². The van der Waals surface area contributed by atoms with Crippen LogP contribution in [-0.4, -0.2) is 6.61 Å². The second-order valence-corrected chi connectivity index (χ2v) is 4.59. The Morgan fingerprint density at radius 2 is 1.95 bits per heavy atom. The molecule has 2 aromatic rings. The highest BCUT2D eigenvalue weighted by Crippen LogP contribution is 2.24. The van der Waals surface area contributed by atoms with E-state index in [9.17, 15) is 4.39 Å². The lowest BCUT2D eigenvalue weighted by molar-refractivity contribution is 0.356. The van der Waals surface area contributed by atoms with E-state index >= 15 is 0 Å². The topological polar surface area (TPSA) is 35.2 Å². The molecule has 0 fully saturated rings. The van der Waals surface area contributed by atoms with Crippen molar-refractivity contribution in [2.45, 2.75) is 13.0 Å². The van der Waals surface area contributed by atoms with Crippen LogP contribution in [0.25, 0.3) is 6.08 Å². The van der Waals surface area contributed by atoms with Gasteiger partial charge in [-0.1, -0.05) is 36.4 Å². The van der Waals surface area contributed by atoms with Crippen LogP contribution in [0.5, 0.6) is 5.75 Å². The molecule has 2 nitrogen and oxygen atoms in total. The number of hydrogen-bond donors (Lipinski definition) is 1. The predicted molar refractivity (Wildman–Crippen MR) is 80.0 cm³/mol. The van der Waals surface area contributed by atoms with E-state index in [0.29, 0.717) is 17.9 Å². The Hall–Kier alpha value is -2.13. The van der Waals surface area contributed by atoms with Crippen LogP contribution in [0, 0.1) is 5.82 Å². The van der Waals surface area contributed by atoms with E-state index in [1.807, 2.05) is 42.5 Å². The lowest BCUT2D eigenvalue weighted by atomic mass is 10.1. The van der Waals surface area contributed by atoms with Gasteiger partial charge < -0.3 is 10.5 Å². The first kappa shape index (κ1) is 14.3. The van der Waals surface area contributed by atoms with Crippen molar-refractivity contribution in [3.05, 3.63) is 71.6 Å². The fourth-order valence-electron chi connectivity index (χ4n) is 1.89. The van der Waals surface area contributed by atoms with Gasteiger partial charge in [0.15, 0.2) is 0 Å². The summed E-state index contributed by atoms with van der Waals surface area (Å²) in [5.74, 6) is 0.323. The Balaban J connectivity index is 1.99. The van der Waals surface area contributed by atoms with E-state index < -0.39 is 0 Å². The molecule has 0 heterocycles. The summed E-state index contributed by atoms with van der Waals surface area (Å²) in [5, 5.41) is 0. The summed E-state index contributed by atoms with van der Waals surface area (Å²) in [5.41, 5.74) is 7.61. The number of hydrogen-bond acceptors (Lipinski definition) is 2. The smallest absolute Gasteiger partial charge is 0.124 e. The second-order valence-electron chi connectivity index (χ2n) is 4.59. The van der Waals surface area contributed by atoms with Crippen LogP contribution >= 0.6 is 0 Å². The van der Waals surface area contributed by atoms with Crippen molar-refractivity contribution < 1.29 is 9.13 Å². The van der Waals surface area contributed by atoms with Gasteiger partial charge in [-0.3, -0.25) is 0 Å². The minimum atomic E-state index is -0.301. The monoisotopic (exact) mass is 271 g/mol. The first-order valence-electron chi connectivity index (χ1n) is 6.56. The van der Waals surface area contributed by atoms with E-state index in [-0.39, 0.29) is 11.9 Å². The van der Waals surface area contributed by atoms with Crippen LogP contribution in [0.3, 0.4) is 0 Å². The summed E-state index contributed by atoms with van der Waals surface area (Å²) in [6.45, 7) is 2.22. The van der Waals surface area contributed by atoms with Gasteiger partial charge in [-0.15, -0.1) is 0 Å². The maximum absolute atomic E-state index is 13.2. The molecule has 3 heteroatoms. The zero-order chi connectivity index (χ0) is 14.4. The molecule has 20 heavy (non-hydrogen) atoms. The third kappa shape index (κ3) is 3.93. The van der Waals surface area contributed by atoms with E-state index in [4.69, 9.17) is 10.5 Å². The van der Waals surface area contributed by atoms with Crippen LogP contribution in [0.15, 0.2) is 54.6 Å². The zero-order valence-corrected chi connectivity index (χ0v) is 11.4. The lowest BCUT2D eigenvalue weighted by Gasteiger charge is -2.13. The third-order valence-electron chi connectivity index (χ3n) is 2.91. The molecule has 0 spiro atoms. The maximum atomic E-state index is 13.2. The van der Waals surface area contributed by atoms with Crippen LogP contribution in [0.4, 0.5) is 4.39 Å². The van der Waals surface area contributed by atoms with Gasteiger partial charge in [0.25, 0.3) is 0 Å². The number of nitrogens with two attached hydrogens (primary N) is 1. The minimum absolute atomic E-state index is 0.265. The standard InChI is InChI=1S/C17H18FNO/c1-13(19)16-12-15(18)9-10-17(16)20-11-5-8-14-6-3-2-4-7-14/h2-10,12-13H,11,19H2,1H3/b8-5+/t13-/m1/s1. The van der Waals surface area contributed by atoms with Gasteiger partial charge in [0.2, 0.25) is 0 Å². The predicted octanol–water partition coefficient (Wildman–Crippen LogP) is 3.94. The highest BCUT2D eigenvalue weighted by Gasteiger charge is 2.08. The second kappa shape index (κ2) is 6.87. The van der Waals surface area contributed by atoms with Gasteiger partial charge in [0.1, 0.15) is 18.2 Å². The van der Waals surface area contributed by atoms with E-state index in [2.05, 4.69) is 0 Å². The summed E-state index contributed by atoms with van der Waals surface area (Å²) < 4.78 is 18.8. The molecule has 0 saturated heterocycles. The van der Waals surface area contributed by atoms with Crippen LogP contribution in [0.1, 0.15) is 24.1 Å². The molecule has 0 bridgehead atoms. The molecule has 2 N–H and O–H groups in total. The van der Waals surface area contributed by atoms with Crippen molar-refractivity contribution in [1.29, 1.82) is 0 Å².